The van der Waals surface area contributed by atoms with Crippen LogP contribution in [0.3, 0.4) is 0 Å². The summed E-state index contributed by atoms with van der Waals surface area (Å²) in [6, 6.07) is 7.22. The van der Waals surface area contributed by atoms with Gasteiger partial charge < -0.3 is 15.0 Å². The van der Waals surface area contributed by atoms with Crippen LogP contribution in [0.5, 0.6) is 0 Å². The Morgan fingerprint density at radius 1 is 1.24 bits per heavy atom. The Balaban J connectivity index is 1.68. The smallest absolute Gasteiger partial charge is 0.257 e. The number of carbonyl (C=O) groups excluding carboxylic acids is 2. The number of likely N-dealkylation sites (N-methyl/N-ethyl adjacent to an activating group) is 1. The zero-order valence-electron chi connectivity index (χ0n) is 13.9. The number of amides is 2. The normalized spacial score (nSPS) is 18.3. The van der Waals surface area contributed by atoms with Gasteiger partial charge in [0.25, 0.3) is 5.91 Å². The topological polar surface area (TPSA) is 84.4 Å². The highest BCUT2D eigenvalue weighted by molar-refractivity contribution is 6.09. The predicted molar refractivity (Wildman–Crippen MR) is 91.6 cm³/mol. The molecule has 2 aliphatic heterocycles. The molecule has 128 valence electrons. The number of hydrogen-bond donors (Lipinski definition) is 1. The van der Waals surface area contributed by atoms with E-state index in [9.17, 15) is 9.59 Å². The van der Waals surface area contributed by atoms with Gasteiger partial charge in [0.1, 0.15) is 0 Å². The van der Waals surface area contributed by atoms with E-state index in [0.29, 0.717) is 37.3 Å². The van der Waals surface area contributed by atoms with E-state index >= 15 is 0 Å². The third-order valence-corrected chi connectivity index (χ3v) is 5.04. The third-order valence-electron chi connectivity index (χ3n) is 5.04. The maximum Gasteiger partial charge on any atom is 0.257 e. The van der Waals surface area contributed by atoms with Gasteiger partial charge in [0.15, 0.2) is 0 Å². The minimum absolute atomic E-state index is 0.104. The summed E-state index contributed by atoms with van der Waals surface area (Å²) in [6.45, 7) is 1.14. The third kappa shape index (κ3) is 2.47. The van der Waals surface area contributed by atoms with Crippen LogP contribution in [0.2, 0.25) is 0 Å². The number of nitrogens with one attached hydrogen (secondary N) is 1. The minimum atomic E-state index is -0.540. The zero-order valence-corrected chi connectivity index (χ0v) is 13.9. The first-order chi connectivity index (χ1) is 12.1. The molecule has 7 heteroatoms. The second kappa shape index (κ2) is 5.93. The van der Waals surface area contributed by atoms with E-state index < -0.39 is 5.41 Å². The molecule has 1 spiro atoms. The molecule has 25 heavy (non-hydrogen) atoms. The van der Waals surface area contributed by atoms with Gasteiger partial charge in [-0.3, -0.25) is 9.59 Å². The van der Waals surface area contributed by atoms with Crippen molar-refractivity contribution in [2.45, 2.75) is 18.3 Å². The predicted octanol–water partition coefficient (Wildman–Crippen LogP) is 1.75. The molecule has 1 aromatic carbocycles. The fraction of sp³-hybridized carbons (Fsp3) is 0.333. The van der Waals surface area contributed by atoms with E-state index in [1.165, 1.54) is 12.4 Å². The standard InChI is InChI=1S/C18H18N4O3/c1-22-15-3-2-13(21-16(23)12-4-7-19-20-11-12)10-14(15)18(17(22)24)5-8-25-9-6-18/h2-4,7,10-11H,5-6,8-9H2,1H3,(H,21,23). The molecule has 0 radical (unpaired) electrons. The lowest BCUT2D eigenvalue weighted by atomic mass is 9.75. The van der Waals surface area contributed by atoms with Crippen molar-refractivity contribution in [1.82, 2.24) is 10.2 Å². The number of carbonyl (C=O) groups is 2. The van der Waals surface area contributed by atoms with E-state index in [-0.39, 0.29) is 11.8 Å². The molecule has 1 saturated heterocycles. The summed E-state index contributed by atoms with van der Waals surface area (Å²) in [6.07, 6.45) is 4.21. The van der Waals surface area contributed by atoms with E-state index in [0.717, 1.165) is 11.3 Å². The summed E-state index contributed by atoms with van der Waals surface area (Å²) in [7, 11) is 1.80. The molecule has 0 bridgehead atoms. The van der Waals surface area contributed by atoms with Crippen LogP contribution in [0, 0.1) is 0 Å². The van der Waals surface area contributed by atoms with E-state index in [1.54, 1.807) is 18.0 Å². The van der Waals surface area contributed by atoms with Crippen molar-refractivity contribution in [3.8, 4) is 0 Å². The van der Waals surface area contributed by atoms with Gasteiger partial charge in [-0.05, 0) is 42.7 Å². The van der Waals surface area contributed by atoms with Gasteiger partial charge in [-0.2, -0.15) is 10.2 Å². The summed E-state index contributed by atoms with van der Waals surface area (Å²) in [4.78, 5) is 26.9. The molecule has 2 aromatic rings. The number of aromatic nitrogens is 2. The highest BCUT2D eigenvalue weighted by Gasteiger charge is 2.50. The van der Waals surface area contributed by atoms with Gasteiger partial charge >= 0.3 is 0 Å². The van der Waals surface area contributed by atoms with Gasteiger partial charge in [0.05, 0.1) is 23.4 Å². The molecule has 0 saturated carbocycles. The first-order valence-corrected chi connectivity index (χ1v) is 8.20. The average molecular weight is 338 g/mol. The molecule has 4 rings (SSSR count). The van der Waals surface area contributed by atoms with Crippen LogP contribution in [-0.4, -0.2) is 42.3 Å². The fourth-order valence-electron chi connectivity index (χ4n) is 3.67. The Morgan fingerprint density at radius 3 is 2.76 bits per heavy atom. The van der Waals surface area contributed by atoms with E-state index in [4.69, 9.17) is 4.74 Å². The zero-order chi connectivity index (χ0) is 17.4. The van der Waals surface area contributed by atoms with Crippen LogP contribution in [0.15, 0.2) is 36.7 Å². The Kier molecular flexibility index (Phi) is 3.73. The molecule has 0 unspecified atom stereocenters. The number of ether oxygens (including phenoxy) is 1. The molecule has 0 aliphatic carbocycles. The second-order valence-electron chi connectivity index (χ2n) is 6.38. The van der Waals surface area contributed by atoms with Crippen LogP contribution in [-0.2, 0) is 14.9 Å². The highest BCUT2D eigenvalue weighted by Crippen LogP contribution is 2.47. The Bertz CT molecular complexity index is 831. The van der Waals surface area contributed by atoms with Crippen LogP contribution >= 0.6 is 0 Å². The van der Waals surface area contributed by atoms with E-state index in [2.05, 4.69) is 15.5 Å². The van der Waals surface area contributed by atoms with Crippen molar-refractivity contribution in [1.29, 1.82) is 0 Å². The summed E-state index contributed by atoms with van der Waals surface area (Å²) < 4.78 is 5.45. The molecule has 2 amide bonds. The van der Waals surface area contributed by atoms with Crippen LogP contribution < -0.4 is 10.2 Å². The maximum absolute atomic E-state index is 12.9. The maximum atomic E-state index is 12.9. The first-order valence-electron chi connectivity index (χ1n) is 8.20. The van der Waals surface area contributed by atoms with Crippen LogP contribution in [0.4, 0.5) is 11.4 Å². The average Bonchev–Trinajstić information content (AvgIpc) is 2.85. The highest BCUT2D eigenvalue weighted by atomic mass is 16.5. The number of hydrogen-bond acceptors (Lipinski definition) is 5. The van der Waals surface area contributed by atoms with Crippen LogP contribution in [0.1, 0.15) is 28.8 Å². The number of nitrogens with zero attached hydrogens (tertiary/aromatic N) is 3. The van der Waals surface area contributed by atoms with Crippen molar-refractivity contribution in [2.24, 2.45) is 0 Å². The van der Waals surface area contributed by atoms with E-state index in [1.807, 2.05) is 18.2 Å². The summed E-state index contributed by atoms with van der Waals surface area (Å²) in [5.41, 5.74) is 2.42. The second-order valence-corrected chi connectivity index (χ2v) is 6.38. The molecule has 0 atom stereocenters. The lowest BCUT2D eigenvalue weighted by Crippen LogP contribution is -2.42. The first kappa shape index (κ1) is 15.7. The SMILES string of the molecule is CN1C(=O)C2(CCOCC2)c2cc(NC(=O)c3ccnnc3)ccc21. The Labute approximate surface area is 145 Å². The van der Waals surface area contributed by atoms with Gasteiger partial charge in [-0.1, -0.05) is 0 Å². The van der Waals surface area contributed by atoms with Crippen molar-refractivity contribution < 1.29 is 14.3 Å². The molecule has 3 heterocycles. The lowest BCUT2D eigenvalue weighted by molar-refractivity contribution is -0.126. The van der Waals surface area contributed by atoms with Crippen molar-refractivity contribution >= 4 is 23.2 Å². The fourth-order valence-corrected chi connectivity index (χ4v) is 3.67. The van der Waals surface area contributed by atoms with Gasteiger partial charge in [-0.25, -0.2) is 0 Å². The van der Waals surface area contributed by atoms with Gasteiger partial charge in [-0.15, -0.1) is 0 Å². The molecule has 1 fully saturated rings. The molecule has 2 aliphatic rings. The Morgan fingerprint density at radius 2 is 2.04 bits per heavy atom. The largest absolute Gasteiger partial charge is 0.381 e. The molecule has 1 aromatic heterocycles. The van der Waals surface area contributed by atoms with Crippen LogP contribution in [0.25, 0.3) is 0 Å². The number of benzene rings is 1. The number of anilines is 2. The molecular formula is C18H18N4O3. The quantitative estimate of drug-likeness (QED) is 0.902. The van der Waals surface area contributed by atoms with Gasteiger partial charge in [0, 0.05) is 31.6 Å². The van der Waals surface area contributed by atoms with Crippen molar-refractivity contribution in [3.63, 3.8) is 0 Å². The summed E-state index contributed by atoms with van der Waals surface area (Å²) in [5.74, 6) is -0.152. The number of rotatable bonds is 2. The Hall–Kier alpha value is -2.80. The monoisotopic (exact) mass is 338 g/mol. The molecule has 1 N–H and O–H groups in total. The summed E-state index contributed by atoms with van der Waals surface area (Å²) in [5, 5.41) is 10.3. The lowest BCUT2D eigenvalue weighted by Gasteiger charge is -2.32. The minimum Gasteiger partial charge on any atom is -0.381 e. The summed E-state index contributed by atoms with van der Waals surface area (Å²) >= 11 is 0. The van der Waals surface area contributed by atoms with Crippen molar-refractivity contribution in [3.05, 3.63) is 47.8 Å². The molecular weight excluding hydrogens is 320 g/mol. The number of fused-ring (bicyclic) bond motifs is 2. The molecule has 7 nitrogen and oxygen atoms in total. The van der Waals surface area contributed by atoms with Gasteiger partial charge in [0.2, 0.25) is 5.91 Å². The van der Waals surface area contributed by atoms with Crippen molar-refractivity contribution in [2.75, 3.05) is 30.5 Å².